The largest absolute Gasteiger partial charge is 0.496 e. The first-order valence-corrected chi connectivity index (χ1v) is 11.2. The summed E-state index contributed by atoms with van der Waals surface area (Å²) in [7, 11) is 1.65. The molecule has 1 atom stereocenters. The van der Waals surface area contributed by atoms with Crippen molar-refractivity contribution in [2.24, 2.45) is 4.99 Å². The molecular formula is C21H29ClN4O2S. The van der Waals surface area contributed by atoms with E-state index in [9.17, 15) is 0 Å². The summed E-state index contributed by atoms with van der Waals surface area (Å²) in [5, 5.41) is 9.65. The van der Waals surface area contributed by atoms with Crippen molar-refractivity contribution in [3.8, 4) is 5.75 Å². The van der Waals surface area contributed by atoms with Crippen molar-refractivity contribution in [3.05, 3.63) is 51.2 Å². The Kier molecular flexibility index (Phi) is 8.61. The number of aliphatic imine (C=N–C) groups is 1. The SMILES string of the molecule is CCNC(=NCc1ccc(Cl)cc1OC)NCC(c1cccs1)N1CCOCC1. The van der Waals surface area contributed by atoms with Gasteiger partial charge in [0.25, 0.3) is 0 Å². The minimum Gasteiger partial charge on any atom is -0.496 e. The minimum atomic E-state index is 0.299. The average Bonchev–Trinajstić information content (AvgIpc) is 3.28. The third kappa shape index (κ3) is 6.34. The van der Waals surface area contributed by atoms with Crippen molar-refractivity contribution in [1.82, 2.24) is 15.5 Å². The lowest BCUT2D eigenvalue weighted by Crippen LogP contribution is -2.46. The molecule has 0 radical (unpaired) electrons. The van der Waals surface area contributed by atoms with Gasteiger partial charge < -0.3 is 20.1 Å². The number of methoxy groups -OCH3 is 1. The number of benzene rings is 1. The van der Waals surface area contributed by atoms with Crippen molar-refractivity contribution in [2.75, 3.05) is 46.5 Å². The predicted octanol–water partition coefficient (Wildman–Crippen LogP) is 3.54. The van der Waals surface area contributed by atoms with Crippen molar-refractivity contribution >= 4 is 28.9 Å². The van der Waals surface area contributed by atoms with Crippen LogP contribution in [0.25, 0.3) is 0 Å². The summed E-state index contributed by atoms with van der Waals surface area (Å²) in [5.74, 6) is 1.54. The van der Waals surface area contributed by atoms with Gasteiger partial charge in [0, 0.05) is 41.6 Å². The zero-order chi connectivity index (χ0) is 20.5. The Hall–Kier alpha value is -1.80. The van der Waals surface area contributed by atoms with Crippen LogP contribution in [0.2, 0.25) is 5.02 Å². The van der Waals surface area contributed by atoms with Crippen LogP contribution in [0.5, 0.6) is 5.75 Å². The molecule has 3 rings (SSSR count). The lowest BCUT2D eigenvalue weighted by molar-refractivity contribution is 0.0177. The van der Waals surface area contributed by atoms with E-state index in [-0.39, 0.29) is 0 Å². The molecule has 2 N–H and O–H groups in total. The fraction of sp³-hybridized carbons (Fsp3) is 0.476. The predicted molar refractivity (Wildman–Crippen MR) is 120 cm³/mol. The number of thiophene rings is 1. The Labute approximate surface area is 181 Å². The lowest BCUT2D eigenvalue weighted by Gasteiger charge is -2.34. The van der Waals surface area contributed by atoms with E-state index in [1.165, 1.54) is 4.88 Å². The van der Waals surface area contributed by atoms with Gasteiger partial charge >= 0.3 is 0 Å². The third-order valence-electron chi connectivity index (χ3n) is 4.82. The molecule has 158 valence electrons. The van der Waals surface area contributed by atoms with Crippen LogP contribution in [0.3, 0.4) is 0 Å². The zero-order valence-corrected chi connectivity index (χ0v) is 18.6. The highest BCUT2D eigenvalue weighted by Gasteiger charge is 2.23. The Morgan fingerprint density at radius 2 is 2.14 bits per heavy atom. The van der Waals surface area contributed by atoms with Crippen LogP contribution in [0.15, 0.2) is 40.7 Å². The van der Waals surface area contributed by atoms with E-state index in [0.717, 1.165) is 56.7 Å². The van der Waals surface area contributed by atoms with Gasteiger partial charge in [-0.2, -0.15) is 0 Å². The van der Waals surface area contributed by atoms with Gasteiger partial charge in [-0.15, -0.1) is 11.3 Å². The van der Waals surface area contributed by atoms with Crippen molar-refractivity contribution in [1.29, 1.82) is 0 Å². The van der Waals surface area contributed by atoms with E-state index in [1.54, 1.807) is 18.4 Å². The van der Waals surface area contributed by atoms with Gasteiger partial charge in [-0.25, -0.2) is 4.99 Å². The Morgan fingerprint density at radius 3 is 2.83 bits per heavy atom. The zero-order valence-electron chi connectivity index (χ0n) is 17.0. The molecule has 1 unspecified atom stereocenters. The molecule has 29 heavy (non-hydrogen) atoms. The van der Waals surface area contributed by atoms with E-state index in [0.29, 0.717) is 17.6 Å². The molecule has 1 aliphatic rings. The first-order valence-electron chi connectivity index (χ1n) is 9.91. The number of rotatable bonds is 8. The molecule has 2 aromatic rings. The van der Waals surface area contributed by atoms with Gasteiger partial charge in [-0.1, -0.05) is 23.7 Å². The molecule has 1 fully saturated rings. The average molecular weight is 437 g/mol. The van der Waals surface area contributed by atoms with Crippen LogP contribution in [0.1, 0.15) is 23.4 Å². The molecule has 0 spiro atoms. The standard InChI is InChI=1S/C21H29ClN4O2S/c1-3-23-21(24-14-16-6-7-17(22)13-19(16)27-2)25-15-18(20-5-4-12-29-20)26-8-10-28-11-9-26/h4-7,12-13,18H,3,8-11,14-15H2,1-2H3,(H2,23,24,25). The highest BCUT2D eigenvalue weighted by molar-refractivity contribution is 7.10. The quantitative estimate of drug-likeness (QED) is 0.489. The summed E-state index contributed by atoms with van der Waals surface area (Å²) in [6.07, 6.45) is 0. The Balaban J connectivity index is 1.69. The number of ether oxygens (including phenoxy) is 2. The van der Waals surface area contributed by atoms with E-state index < -0.39 is 0 Å². The van der Waals surface area contributed by atoms with Gasteiger partial charge in [0.15, 0.2) is 5.96 Å². The number of morpholine rings is 1. The van der Waals surface area contributed by atoms with Crippen molar-refractivity contribution in [2.45, 2.75) is 19.5 Å². The lowest BCUT2D eigenvalue weighted by atomic mass is 10.2. The van der Waals surface area contributed by atoms with E-state index in [1.807, 2.05) is 18.2 Å². The number of hydrogen-bond donors (Lipinski definition) is 2. The fourth-order valence-corrected chi connectivity index (χ4v) is 4.35. The topological polar surface area (TPSA) is 58.1 Å². The number of nitrogens with one attached hydrogen (secondary N) is 2. The molecule has 1 aromatic carbocycles. The second kappa shape index (κ2) is 11.4. The molecule has 1 aliphatic heterocycles. The highest BCUT2D eigenvalue weighted by Crippen LogP contribution is 2.26. The van der Waals surface area contributed by atoms with Crippen molar-refractivity contribution in [3.63, 3.8) is 0 Å². The maximum Gasteiger partial charge on any atom is 0.191 e. The smallest absolute Gasteiger partial charge is 0.191 e. The normalized spacial score (nSPS) is 16.4. The summed E-state index contributed by atoms with van der Waals surface area (Å²) in [6.45, 7) is 7.61. The highest BCUT2D eigenvalue weighted by atomic mass is 35.5. The number of halogens is 1. The molecule has 2 heterocycles. The van der Waals surface area contributed by atoms with Gasteiger partial charge in [0.1, 0.15) is 5.75 Å². The van der Waals surface area contributed by atoms with Crippen LogP contribution < -0.4 is 15.4 Å². The molecule has 0 aliphatic carbocycles. The summed E-state index contributed by atoms with van der Waals surface area (Å²) in [6, 6.07) is 10.2. The van der Waals surface area contributed by atoms with Crippen LogP contribution in [-0.2, 0) is 11.3 Å². The van der Waals surface area contributed by atoms with Gasteiger partial charge in [0.05, 0.1) is 32.9 Å². The first kappa shape index (κ1) is 21.9. The molecule has 6 nitrogen and oxygen atoms in total. The van der Waals surface area contributed by atoms with Crippen LogP contribution in [0, 0.1) is 0 Å². The van der Waals surface area contributed by atoms with E-state index in [4.69, 9.17) is 26.1 Å². The van der Waals surface area contributed by atoms with Crippen LogP contribution in [0.4, 0.5) is 0 Å². The molecule has 1 saturated heterocycles. The molecule has 1 aromatic heterocycles. The first-order chi connectivity index (χ1) is 14.2. The van der Waals surface area contributed by atoms with Crippen LogP contribution >= 0.6 is 22.9 Å². The molecule has 0 saturated carbocycles. The van der Waals surface area contributed by atoms with Gasteiger partial charge in [-0.05, 0) is 30.5 Å². The Bertz CT molecular complexity index is 779. The number of nitrogens with zero attached hydrogens (tertiary/aromatic N) is 2. The summed E-state index contributed by atoms with van der Waals surface area (Å²) < 4.78 is 11.0. The number of guanidine groups is 1. The second-order valence-corrected chi connectivity index (χ2v) is 8.13. The van der Waals surface area contributed by atoms with E-state index >= 15 is 0 Å². The molecule has 8 heteroatoms. The number of hydrogen-bond acceptors (Lipinski definition) is 5. The van der Waals surface area contributed by atoms with Crippen molar-refractivity contribution < 1.29 is 9.47 Å². The minimum absolute atomic E-state index is 0.299. The summed E-state index contributed by atoms with van der Waals surface area (Å²) >= 11 is 7.86. The summed E-state index contributed by atoms with van der Waals surface area (Å²) in [4.78, 5) is 8.59. The van der Waals surface area contributed by atoms with Crippen LogP contribution in [-0.4, -0.2) is 57.4 Å². The van der Waals surface area contributed by atoms with Gasteiger partial charge in [0.2, 0.25) is 0 Å². The molecular weight excluding hydrogens is 408 g/mol. The summed E-state index contributed by atoms with van der Waals surface area (Å²) in [5.41, 5.74) is 0.997. The van der Waals surface area contributed by atoms with Gasteiger partial charge in [-0.3, -0.25) is 4.90 Å². The maximum absolute atomic E-state index is 6.06. The third-order valence-corrected chi connectivity index (χ3v) is 6.03. The van der Waals surface area contributed by atoms with E-state index in [2.05, 4.69) is 40.0 Å². The fourth-order valence-electron chi connectivity index (χ4n) is 3.33. The second-order valence-electron chi connectivity index (χ2n) is 6.71. The molecule has 0 bridgehead atoms. The monoisotopic (exact) mass is 436 g/mol. The molecule has 0 amide bonds. The maximum atomic E-state index is 6.06. The Morgan fingerprint density at radius 1 is 1.31 bits per heavy atom.